The second-order valence-electron chi connectivity index (χ2n) is 32.3. The molecule has 0 bridgehead atoms. The number of ether oxygens (including phenoxy) is 3. The van der Waals surface area contributed by atoms with Gasteiger partial charge in [-0.2, -0.15) is 33.0 Å². The maximum absolute atomic E-state index is 13.8. The molecule has 8 aromatic carbocycles. The number of benzene rings is 8. The van der Waals surface area contributed by atoms with Crippen LogP contribution >= 0.6 is 69.3 Å². The number of aromatic nitrogens is 3. The number of hydrogen-bond donors (Lipinski definition) is 6. The number of halogens is 11. The number of nitro groups is 5. The van der Waals surface area contributed by atoms with E-state index in [0.29, 0.717) is 53.6 Å². The number of terminal acetylenes is 1. The molecule has 0 amide bonds. The van der Waals surface area contributed by atoms with E-state index in [-0.39, 0.29) is 90.9 Å². The molecule has 40 heteroatoms. The summed E-state index contributed by atoms with van der Waals surface area (Å²) >= 11 is 18.5. The average molecular weight is 2100 g/mol. The van der Waals surface area contributed by atoms with E-state index in [1.54, 1.807) is 53.7 Å². The van der Waals surface area contributed by atoms with E-state index in [2.05, 4.69) is 103 Å². The minimum atomic E-state index is -1.39. The Morgan fingerprint density at radius 1 is 0.489 bits per heavy atom. The summed E-state index contributed by atoms with van der Waals surface area (Å²) in [5, 5.41) is 64.7. The number of rotatable bonds is 19. The Labute approximate surface area is 796 Å². The summed E-state index contributed by atoms with van der Waals surface area (Å²) in [5.41, 5.74) is 10.8. The molecule has 11 aromatic rings. The molecule has 131 heavy (non-hydrogen) atoms. The summed E-state index contributed by atoms with van der Waals surface area (Å²) in [6.07, 6.45) is 6.15. The van der Waals surface area contributed by atoms with Crippen molar-refractivity contribution in [1.82, 2.24) is 15.0 Å². The van der Waals surface area contributed by atoms with Gasteiger partial charge in [0, 0.05) is 131 Å². The predicted molar refractivity (Wildman–Crippen MR) is 511 cm³/mol. The molecule has 0 saturated carbocycles. The number of nitrogens with one attached hydrogen (secondary N) is 3. The predicted octanol–water partition coefficient (Wildman–Crippen LogP) is 25.8. The second-order valence-corrected chi connectivity index (χ2v) is 43.6. The number of anilines is 2. The van der Waals surface area contributed by atoms with Crippen molar-refractivity contribution >= 4 is 167 Å². The van der Waals surface area contributed by atoms with Crippen LogP contribution in [0.1, 0.15) is 158 Å². The van der Waals surface area contributed by atoms with Crippen molar-refractivity contribution in [2.75, 3.05) is 23.4 Å². The van der Waals surface area contributed by atoms with Gasteiger partial charge in [0.1, 0.15) is 36.1 Å². The normalized spacial score (nSPS) is 11.0. The van der Waals surface area contributed by atoms with E-state index in [1.165, 1.54) is 18.2 Å². The number of carbonyl (C=O) groups excluding carboxylic acids is 3. The third-order valence-electron chi connectivity index (χ3n) is 19.5. The molecule has 0 fully saturated rings. The summed E-state index contributed by atoms with van der Waals surface area (Å²) in [6, 6.07) is 43.8. The molecule has 3 heterocycles. The second kappa shape index (κ2) is 52.8. The third kappa shape index (κ3) is 36.2. The van der Waals surface area contributed by atoms with Crippen molar-refractivity contribution < 1.29 is 96.2 Å². The van der Waals surface area contributed by atoms with E-state index in [9.17, 15) is 92.0 Å². The fraction of sp³-hybridized carbons (Fsp3) is 0.330. The van der Waals surface area contributed by atoms with Gasteiger partial charge >= 0.3 is 81.3 Å². The first-order valence-electron chi connectivity index (χ1n) is 38.3. The quantitative estimate of drug-likeness (QED) is 0.00418. The molecule has 712 valence electrons. The van der Waals surface area contributed by atoms with Crippen LogP contribution < -0.4 is 11.5 Å². The number of nitrogens with zero attached hydrogens (tertiary/aromatic N) is 5. The van der Waals surface area contributed by atoms with Crippen LogP contribution in [-0.4, -0.2) is 81.9 Å². The number of aliphatic hydroxyl groups is 1. The number of fused-ring (bicyclic) bond motifs is 3. The van der Waals surface area contributed by atoms with Gasteiger partial charge in [-0.05, 0) is 104 Å². The first-order chi connectivity index (χ1) is 59.8. The molecule has 0 spiro atoms. The molecule has 11 rings (SSSR count). The van der Waals surface area contributed by atoms with Crippen LogP contribution in [-0.2, 0) is 80.6 Å². The molecule has 0 radical (unpaired) electrons. The zero-order valence-electron chi connectivity index (χ0n) is 72.8. The SMILES string of the molecule is C.C.C#CC(C)(C)C(=O)OCc1ccccc1.CC(C)(C#Cc1cc([N+](=O)[O-])c(F)cc1N)C(=O)OCc1ccccc1.CC(C)(C(=O)OCc1ccccc1)c1cc2cc([N+](=O)[O-])c(F)cc2[nH]1.CC(C)(C)[Si](C)(C)Cl.CC(C)(CO)c1cc2cc([N+](=O)[O-])c(F)cc2[nH]1.CCC(C)(C)c1cc2cc([N+](=O)[O-])c(F)cc2[nH]1.ClCCl.Nc1cc(F)c([N+](=O)[O-])cc1Br.[Cl][Pd][Cl]. The molecule has 0 unspecified atom stereocenters. The monoisotopic (exact) mass is 2090 g/mol. The number of nitrogen functional groups attached to an aromatic ring is 2. The van der Waals surface area contributed by atoms with Crippen molar-refractivity contribution in [3.05, 3.63) is 293 Å². The van der Waals surface area contributed by atoms with Gasteiger partial charge in [0.15, 0.2) is 7.38 Å². The van der Waals surface area contributed by atoms with Crippen molar-refractivity contribution in [2.24, 2.45) is 10.8 Å². The molecular weight excluding hydrogens is 1990 g/mol. The van der Waals surface area contributed by atoms with Gasteiger partial charge in [-0.1, -0.05) is 192 Å². The Morgan fingerprint density at radius 2 is 0.771 bits per heavy atom. The van der Waals surface area contributed by atoms with Gasteiger partial charge in [-0.15, -0.1) is 29.6 Å². The van der Waals surface area contributed by atoms with Crippen LogP contribution in [0, 0.1) is 115 Å². The first kappa shape index (κ1) is 118. The average Bonchev–Trinajstić information content (AvgIpc) is 1.67. The number of nitrogens with two attached hydrogens (primary N) is 2. The first-order valence-corrected chi connectivity index (χ1v) is 48.2. The molecule has 3 aromatic heterocycles. The summed E-state index contributed by atoms with van der Waals surface area (Å²) in [7, 11) is 8.24. The molecular formula is C91H105BrCl5F5N10O17PdSi. The maximum atomic E-state index is 13.8. The van der Waals surface area contributed by atoms with Crippen LogP contribution in [0.25, 0.3) is 32.7 Å². The fourth-order valence-electron chi connectivity index (χ4n) is 9.86. The zero-order chi connectivity index (χ0) is 98.2. The third-order valence-corrected chi connectivity index (χ3v) is 25.4. The van der Waals surface area contributed by atoms with Crippen molar-refractivity contribution in [3.63, 3.8) is 0 Å². The van der Waals surface area contributed by atoms with Crippen molar-refractivity contribution in [1.29, 1.82) is 0 Å². The molecule has 0 aliphatic heterocycles. The Hall–Kier alpha value is -11.1. The molecule has 0 atom stereocenters. The van der Waals surface area contributed by atoms with Gasteiger partial charge in [0.2, 0.25) is 29.1 Å². The van der Waals surface area contributed by atoms with Crippen LogP contribution in [0.5, 0.6) is 0 Å². The molecule has 0 aliphatic carbocycles. The topological polar surface area (TPSA) is 414 Å². The number of H-pyrrole nitrogens is 3. The number of aliphatic hydroxyl groups excluding tert-OH is 1. The van der Waals surface area contributed by atoms with Gasteiger partial charge in [0.05, 0.1) is 47.8 Å². The number of alkyl halides is 2. The zero-order valence-corrected chi connectivity index (χ0v) is 80.7. The molecule has 27 nitrogen and oxygen atoms in total. The number of hydrogen-bond acceptors (Lipinski definition) is 19. The summed E-state index contributed by atoms with van der Waals surface area (Å²) in [4.78, 5) is 94.7. The van der Waals surface area contributed by atoms with Crippen LogP contribution in [0.3, 0.4) is 0 Å². The Kier molecular flexibility index (Phi) is 47.6. The summed E-state index contributed by atoms with van der Waals surface area (Å²) in [5.74, 6) is 1.74. The summed E-state index contributed by atoms with van der Waals surface area (Å²) in [6.45, 7) is 31.0. The van der Waals surface area contributed by atoms with E-state index in [1.807, 2.05) is 111 Å². The Balaban J connectivity index is 0.000000772. The van der Waals surface area contributed by atoms with E-state index in [4.69, 9.17) is 85.4 Å². The minimum absolute atomic E-state index is 0. The van der Waals surface area contributed by atoms with Crippen LogP contribution in [0.15, 0.2) is 174 Å². The van der Waals surface area contributed by atoms with E-state index < -0.39 is 123 Å². The molecule has 8 N–H and O–H groups in total. The van der Waals surface area contributed by atoms with Gasteiger partial charge in [0.25, 0.3) is 0 Å². The van der Waals surface area contributed by atoms with Crippen molar-refractivity contribution in [3.8, 4) is 24.2 Å². The van der Waals surface area contributed by atoms with E-state index >= 15 is 0 Å². The molecule has 0 aliphatic rings. The van der Waals surface area contributed by atoms with E-state index in [0.717, 1.165) is 71.3 Å². The number of esters is 3. The van der Waals surface area contributed by atoms with Crippen LogP contribution in [0.2, 0.25) is 18.1 Å². The number of carbonyl (C=O) groups is 3. The van der Waals surface area contributed by atoms with Gasteiger partial charge in [-0.25, -0.2) is 0 Å². The van der Waals surface area contributed by atoms with Crippen LogP contribution in [0.4, 0.5) is 61.8 Å². The Morgan fingerprint density at radius 3 is 1.08 bits per heavy atom. The standard InChI is InChI=1S/2C19H17FN2O4.C13H15FN2O2.C13H14O2.C12H13FN2O3.C6H4BrFN2O2.C6H15ClSi.CH2Cl2.2CH4.2ClH.Pd/c1-19(2,18(23)26-11-12-6-4-3-5-7-12)17-9-13-8-16(22(24)25)14(20)10-15(13)21-17;1-19(2,18(23)26-12-13-6-4-3-5-7-13)9-8-14-10-17(22(24)25)15(20)11-16(14)21;1-4-13(2,3)12-6-8-5-11(16(17)18)9(14)7-10(8)15-12;1-4-13(2,3)12(14)15-10-11-8-6-5-7-9-11;1-12(2,6-16)11-4-7-3-10(15(17)18)8(13)5-9(7)14-11;7-3-1-6(10(11)12)4(8)2-5(3)9;1-6(2,3)8(4,5)7;2-1-3;;;;;/h3-10,21H,11H2,1-2H3;3-7,10-11H,12,21H2,1-2H3;5-7,15H,4H2,1-3H3;1,5-9H,10H2,2-3H3;3-5,14,16H,6H2,1-2H3;1-2H,9H2;1-5H3;1H2;2*1H4;2*1H;/q;;;;;;;;;;;;+2/p-2. The molecule has 0 saturated heterocycles. The number of aromatic amines is 3. The van der Waals surface area contributed by atoms with Crippen molar-refractivity contribution in [2.45, 2.75) is 172 Å². The number of nitro benzene ring substituents is 5. The summed E-state index contributed by atoms with van der Waals surface area (Å²) < 4.78 is 83.0. The van der Waals surface area contributed by atoms with Gasteiger partial charge < -0.3 is 45.7 Å². The van der Waals surface area contributed by atoms with Gasteiger partial charge in [-0.3, -0.25) is 65.0 Å². The Bertz CT molecular complexity index is 5730. The fourth-order valence-corrected chi connectivity index (χ4v) is 10.2.